The van der Waals surface area contributed by atoms with Crippen LogP contribution in [0.5, 0.6) is 0 Å². The molecular formula is C12H15BrN2O3. The van der Waals surface area contributed by atoms with Gasteiger partial charge in [0.2, 0.25) is 0 Å². The highest BCUT2D eigenvalue weighted by Gasteiger charge is 2.12. The van der Waals surface area contributed by atoms with Gasteiger partial charge in [0, 0.05) is 12.0 Å². The van der Waals surface area contributed by atoms with Gasteiger partial charge < -0.3 is 4.74 Å². The van der Waals surface area contributed by atoms with E-state index in [-0.39, 0.29) is 11.6 Å². The predicted octanol–water partition coefficient (Wildman–Crippen LogP) is 4.08. The Morgan fingerprint density at radius 2 is 2.22 bits per heavy atom. The first-order valence-corrected chi connectivity index (χ1v) is 6.40. The van der Waals surface area contributed by atoms with Gasteiger partial charge in [-0.2, -0.15) is 0 Å². The summed E-state index contributed by atoms with van der Waals surface area (Å²) < 4.78 is 5.84. The van der Waals surface area contributed by atoms with Crippen LogP contribution < -0.4 is 0 Å². The van der Waals surface area contributed by atoms with E-state index in [1.807, 2.05) is 20.8 Å². The van der Waals surface area contributed by atoms with Gasteiger partial charge in [0.15, 0.2) is 5.90 Å². The summed E-state index contributed by atoms with van der Waals surface area (Å²) in [4.78, 5) is 14.6. The molecule has 0 bridgehead atoms. The number of ether oxygens (including phenoxy) is 1. The zero-order chi connectivity index (χ0) is 13.7. The Bertz CT molecular complexity index is 472. The maximum absolute atomic E-state index is 10.7. The van der Waals surface area contributed by atoms with Crippen LogP contribution in [0.25, 0.3) is 0 Å². The largest absolute Gasteiger partial charge is 0.481 e. The monoisotopic (exact) mass is 314 g/mol. The second-order valence-corrected chi connectivity index (χ2v) is 4.78. The molecule has 0 fully saturated rings. The lowest BCUT2D eigenvalue weighted by Crippen LogP contribution is -2.11. The third-order valence-corrected chi connectivity index (χ3v) is 2.79. The molecule has 0 aliphatic carbocycles. The van der Waals surface area contributed by atoms with Crippen LogP contribution in [-0.4, -0.2) is 17.4 Å². The third-order valence-electron chi connectivity index (χ3n) is 2.15. The quantitative estimate of drug-likeness (QED) is 0.364. The minimum absolute atomic E-state index is 0.0245. The van der Waals surface area contributed by atoms with Gasteiger partial charge >= 0.3 is 0 Å². The van der Waals surface area contributed by atoms with Crippen molar-refractivity contribution < 1.29 is 9.66 Å². The molecule has 0 spiro atoms. The molecule has 0 saturated heterocycles. The van der Waals surface area contributed by atoms with E-state index in [1.54, 1.807) is 12.1 Å². The Balaban J connectivity index is 3.07. The number of nitro benzene ring substituents is 1. The molecule has 0 aliphatic rings. The highest BCUT2D eigenvalue weighted by Crippen LogP contribution is 2.29. The second kappa shape index (κ2) is 6.49. The Hall–Kier alpha value is -1.43. The Labute approximate surface area is 114 Å². The summed E-state index contributed by atoms with van der Waals surface area (Å²) in [6.07, 6.45) is 0. The molecule has 0 saturated carbocycles. The Morgan fingerprint density at radius 1 is 1.56 bits per heavy atom. The molecule has 0 atom stereocenters. The first-order valence-electron chi connectivity index (χ1n) is 5.61. The number of halogens is 1. The van der Waals surface area contributed by atoms with Crippen molar-refractivity contribution in [2.45, 2.75) is 20.8 Å². The topological polar surface area (TPSA) is 64.7 Å². The summed E-state index contributed by atoms with van der Waals surface area (Å²) in [5.74, 6) is 0.789. The van der Waals surface area contributed by atoms with Gasteiger partial charge in [-0.05, 0) is 35.0 Å². The first-order chi connectivity index (χ1) is 8.45. The van der Waals surface area contributed by atoms with Crippen LogP contribution in [0.4, 0.5) is 11.4 Å². The average molecular weight is 315 g/mol. The number of hydrogen-bond donors (Lipinski definition) is 0. The Kier molecular flexibility index (Phi) is 5.27. The molecule has 18 heavy (non-hydrogen) atoms. The number of nitrogens with zero attached hydrogens (tertiary/aromatic N) is 2. The van der Waals surface area contributed by atoms with Crippen molar-refractivity contribution in [2.24, 2.45) is 10.9 Å². The molecule has 0 amide bonds. The normalized spacial score (nSPS) is 11.7. The maximum atomic E-state index is 10.7. The molecule has 0 aromatic heterocycles. The lowest BCUT2D eigenvalue weighted by molar-refractivity contribution is -0.385. The van der Waals surface area contributed by atoms with E-state index in [9.17, 15) is 10.1 Å². The van der Waals surface area contributed by atoms with Gasteiger partial charge in [-0.15, -0.1) is 0 Å². The van der Waals surface area contributed by atoms with Crippen molar-refractivity contribution in [3.05, 3.63) is 32.8 Å². The summed E-state index contributed by atoms with van der Waals surface area (Å²) in [7, 11) is 0. The molecule has 0 N–H and O–H groups in total. The summed E-state index contributed by atoms with van der Waals surface area (Å²) in [6, 6.07) is 4.64. The van der Waals surface area contributed by atoms with E-state index in [4.69, 9.17) is 4.74 Å². The zero-order valence-corrected chi connectivity index (χ0v) is 12.1. The molecule has 0 heterocycles. The first kappa shape index (κ1) is 14.6. The van der Waals surface area contributed by atoms with Gasteiger partial charge in [-0.1, -0.05) is 13.8 Å². The number of benzene rings is 1. The maximum Gasteiger partial charge on any atom is 0.283 e. The molecular weight excluding hydrogens is 300 g/mol. The van der Waals surface area contributed by atoms with Crippen LogP contribution in [0.1, 0.15) is 20.8 Å². The van der Waals surface area contributed by atoms with Gasteiger partial charge in [0.05, 0.1) is 21.7 Å². The lowest BCUT2D eigenvalue weighted by atomic mass is 10.2. The standard InChI is InChI=1S/C12H15BrN2O3/c1-4-18-12(8(2)3)14-9-5-6-11(15(16)17)10(13)7-9/h5-8H,4H2,1-3H3. The molecule has 1 aromatic rings. The number of hydrogen-bond acceptors (Lipinski definition) is 4. The van der Waals surface area contributed by atoms with Crippen LogP contribution in [-0.2, 0) is 4.74 Å². The molecule has 5 nitrogen and oxygen atoms in total. The molecule has 0 aliphatic heterocycles. The van der Waals surface area contributed by atoms with Crippen LogP contribution in [0.3, 0.4) is 0 Å². The fourth-order valence-electron chi connectivity index (χ4n) is 1.32. The fraction of sp³-hybridized carbons (Fsp3) is 0.417. The average Bonchev–Trinajstić information content (AvgIpc) is 2.27. The van der Waals surface area contributed by atoms with Crippen molar-refractivity contribution >= 4 is 33.2 Å². The van der Waals surface area contributed by atoms with Crippen molar-refractivity contribution in [3.63, 3.8) is 0 Å². The van der Waals surface area contributed by atoms with Crippen molar-refractivity contribution in [1.29, 1.82) is 0 Å². The summed E-state index contributed by atoms with van der Waals surface area (Å²) in [5.41, 5.74) is 0.654. The van der Waals surface area contributed by atoms with Gasteiger partial charge in [0.25, 0.3) is 5.69 Å². The van der Waals surface area contributed by atoms with Crippen LogP contribution in [0.2, 0.25) is 0 Å². The third kappa shape index (κ3) is 3.80. The van der Waals surface area contributed by atoms with Crippen LogP contribution >= 0.6 is 15.9 Å². The van der Waals surface area contributed by atoms with Crippen LogP contribution in [0, 0.1) is 16.0 Å². The van der Waals surface area contributed by atoms with Gasteiger partial charge in [-0.25, -0.2) is 4.99 Å². The smallest absolute Gasteiger partial charge is 0.283 e. The summed E-state index contributed by atoms with van der Waals surface area (Å²) in [5, 5.41) is 10.7. The lowest BCUT2D eigenvalue weighted by Gasteiger charge is -2.10. The molecule has 0 radical (unpaired) electrons. The molecule has 0 unspecified atom stereocenters. The molecule has 98 valence electrons. The van der Waals surface area contributed by atoms with Gasteiger partial charge in [0.1, 0.15) is 0 Å². The molecule has 1 aromatic carbocycles. The van der Waals surface area contributed by atoms with Crippen molar-refractivity contribution in [1.82, 2.24) is 0 Å². The predicted molar refractivity (Wildman–Crippen MR) is 74.4 cm³/mol. The van der Waals surface area contributed by atoms with E-state index in [0.29, 0.717) is 22.7 Å². The SMILES string of the molecule is CCOC(=Nc1ccc([N+](=O)[O-])c(Br)c1)C(C)C. The molecule has 6 heteroatoms. The van der Waals surface area contributed by atoms with E-state index in [2.05, 4.69) is 20.9 Å². The summed E-state index contributed by atoms with van der Waals surface area (Å²) >= 11 is 3.16. The Morgan fingerprint density at radius 3 is 2.67 bits per heavy atom. The van der Waals surface area contributed by atoms with Crippen LogP contribution in [0.15, 0.2) is 27.7 Å². The zero-order valence-electron chi connectivity index (χ0n) is 10.5. The highest BCUT2D eigenvalue weighted by atomic mass is 79.9. The molecule has 1 rings (SSSR count). The highest BCUT2D eigenvalue weighted by molar-refractivity contribution is 9.10. The van der Waals surface area contributed by atoms with Crippen molar-refractivity contribution in [3.8, 4) is 0 Å². The number of rotatable bonds is 4. The summed E-state index contributed by atoms with van der Waals surface area (Å²) in [6.45, 7) is 6.40. The minimum Gasteiger partial charge on any atom is -0.481 e. The fourth-order valence-corrected chi connectivity index (χ4v) is 1.83. The van der Waals surface area contributed by atoms with E-state index in [1.165, 1.54) is 6.07 Å². The van der Waals surface area contributed by atoms with E-state index >= 15 is 0 Å². The van der Waals surface area contributed by atoms with E-state index in [0.717, 1.165) is 0 Å². The van der Waals surface area contributed by atoms with Crippen molar-refractivity contribution in [2.75, 3.05) is 6.61 Å². The van der Waals surface area contributed by atoms with Gasteiger partial charge in [-0.3, -0.25) is 10.1 Å². The number of nitro groups is 1. The van der Waals surface area contributed by atoms with E-state index < -0.39 is 4.92 Å². The number of aliphatic imine (C=N–C) groups is 1. The second-order valence-electron chi connectivity index (χ2n) is 3.93. The minimum atomic E-state index is -0.441.